The van der Waals surface area contributed by atoms with Gasteiger partial charge in [0.2, 0.25) is 0 Å². The third-order valence-corrected chi connectivity index (χ3v) is 6.00. The highest BCUT2D eigenvalue weighted by atomic mass is 35.5. The zero-order valence-electron chi connectivity index (χ0n) is 20.1. The van der Waals surface area contributed by atoms with Gasteiger partial charge in [-0.15, -0.1) is 5.10 Å². The van der Waals surface area contributed by atoms with E-state index in [1.54, 1.807) is 30.3 Å². The molecule has 0 atom stereocenters. The average Bonchev–Trinajstić information content (AvgIpc) is 3.26. The second-order valence-corrected chi connectivity index (χ2v) is 9.04. The topological polar surface area (TPSA) is 77.2 Å². The zero-order chi connectivity index (χ0) is 25.8. The number of aromatic nitrogens is 3. The summed E-state index contributed by atoms with van der Waals surface area (Å²) in [5, 5.41) is 17.8. The molecule has 0 amide bonds. The normalized spacial score (nSPS) is 11.4. The van der Waals surface area contributed by atoms with Gasteiger partial charge in [0.1, 0.15) is 29.6 Å². The number of aryl methyl sites for hydroxylation is 1. The second kappa shape index (κ2) is 10.7. The Kier molecular flexibility index (Phi) is 7.50. The number of ether oxygens (including phenoxy) is 1. The van der Waals surface area contributed by atoms with Crippen molar-refractivity contribution in [2.75, 3.05) is 0 Å². The maximum absolute atomic E-state index is 14.6. The molecule has 36 heavy (non-hydrogen) atoms. The largest absolute Gasteiger partial charge is 0.487 e. The minimum absolute atomic E-state index is 0.0526. The standard InChI is InChI=1S/C28H25ClFN3O3/c1-17(2)26-25(33(32-31-26)27-23(29)8-5-9-24(27)30)16-36-22-13-12-20(18(3)14-22)11-10-19-6-4-7-21(15-19)28(34)35/h4-15,17H,16H2,1-3H3,(H,34,35)/b11-10+. The number of para-hydroxylation sites is 1. The van der Waals surface area contributed by atoms with Gasteiger partial charge in [-0.1, -0.05) is 67.1 Å². The Morgan fingerprint density at radius 2 is 1.92 bits per heavy atom. The molecule has 3 aromatic carbocycles. The summed E-state index contributed by atoms with van der Waals surface area (Å²) in [5.41, 5.74) is 4.45. The lowest BCUT2D eigenvalue weighted by Crippen LogP contribution is -2.10. The van der Waals surface area contributed by atoms with Crippen LogP contribution >= 0.6 is 11.6 Å². The van der Waals surface area contributed by atoms with Crippen LogP contribution in [0, 0.1) is 12.7 Å². The van der Waals surface area contributed by atoms with Crippen molar-refractivity contribution in [2.24, 2.45) is 0 Å². The Morgan fingerprint density at radius 1 is 1.14 bits per heavy atom. The zero-order valence-corrected chi connectivity index (χ0v) is 20.8. The fourth-order valence-corrected chi connectivity index (χ4v) is 4.05. The number of carboxylic acid groups (broad SMARTS) is 1. The molecule has 0 aliphatic rings. The van der Waals surface area contributed by atoms with Crippen LogP contribution < -0.4 is 4.74 Å². The summed E-state index contributed by atoms with van der Waals surface area (Å²) in [7, 11) is 0. The van der Waals surface area contributed by atoms with Crippen molar-refractivity contribution in [3.05, 3.63) is 105 Å². The molecular weight excluding hydrogens is 481 g/mol. The maximum atomic E-state index is 14.6. The van der Waals surface area contributed by atoms with Gasteiger partial charge in [0.25, 0.3) is 0 Å². The van der Waals surface area contributed by atoms with Gasteiger partial charge in [0.15, 0.2) is 0 Å². The van der Waals surface area contributed by atoms with Gasteiger partial charge in [0, 0.05) is 0 Å². The Hall–Kier alpha value is -3.97. The van der Waals surface area contributed by atoms with Crippen molar-refractivity contribution in [1.29, 1.82) is 0 Å². The first-order chi connectivity index (χ1) is 17.2. The number of hydrogen-bond acceptors (Lipinski definition) is 4. The minimum Gasteiger partial charge on any atom is -0.487 e. The molecule has 1 N–H and O–H groups in total. The number of rotatable bonds is 8. The van der Waals surface area contributed by atoms with E-state index in [4.69, 9.17) is 16.3 Å². The molecule has 0 unspecified atom stereocenters. The van der Waals surface area contributed by atoms with E-state index in [9.17, 15) is 14.3 Å². The van der Waals surface area contributed by atoms with Crippen molar-refractivity contribution < 1.29 is 19.0 Å². The molecule has 0 aliphatic carbocycles. The number of halogens is 2. The van der Waals surface area contributed by atoms with E-state index in [0.29, 0.717) is 17.1 Å². The van der Waals surface area contributed by atoms with Crippen LogP contribution in [0.4, 0.5) is 4.39 Å². The summed E-state index contributed by atoms with van der Waals surface area (Å²) < 4.78 is 22.1. The fraction of sp³-hybridized carbons (Fsp3) is 0.179. The van der Waals surface area contributed by atoms with Crippen LogP contribution in [0.25, 0.3) is 17.8 Å². The number of nitrogens with zero attached hydrogens (tertiary/aromatic N) is 3. The van der Waals surface area contributed by atoms with E-state index < -0.39 is 11.8 Å². The molecule has 0 saturated heterocycles. The maximum Gasteiger partial charge on any atom is 0.335 e. The third kappa shape index (κ3) is 5.47. The van der Waals surface area contributed by atoms with Gasteiger partial charge >= 0.3 is 5.97 Å². The van der Waals surface area contributed by atoms with Gasteiger partial charge < -0.3 is 9.84 Å². The molecule has 0 radical (unpaired) electrons. The van der Waals surface area contributed by atoms with Crippen molar-refractivity contribution in [3.63, 3.8) is 0 Å². The van der Waals surface area contributed by atoms with E-state index >= 15 is 0 Å². The van der Waals surface area contributed by atoms with Gasteiger partial charge in [-0.25, -0.2) is 13.9 Å². The van der Waals surface area contributed by atoms with Gasteiger partial charge in [-0.2, -0.15) is 0 Å². The molecular formula is C28H25ClFN3O3. The SMILES string of the molecule is Cc1cc(OCc2c(C(C)C)nnn2-c2c(F)cccc2Cl)ccc1/C=C/c1cccc(C(=O)O)c1. The highest BCUT2D eigenvalue weighted by Crippen LogP contribution is 2.28. The van der Waals surface area contributed by atoms with Crippen molar-refractivity contribution in [1.82, 2.24) is 15.0 Å². The molecule has 1 heterocycles. The third-order valence-electron chi connectivity index (χ3n) is 5.70. The Labute approximate surface area is 213 Å². The monoisotopic (exact) mass is 505 g/mol. The number of hydrogen-bond donors (Lipinski definition) is 1. The van der Waals surface area contributed by atoms with Gasteiger partial charge in [-0.05, 0) is 65.9 Å². The average molecular weight is 506 g/mol. The first-order valence-corrected chi connectivity index (χ1v) is 11.8. The fourth-order valence-electron chi connectivity index (χ4n) is 3.81. The Morgan fingerprint density at radius 3 is 2.61 bits per heavy atom. The number of carbonyl (C=O) groups is 1. The van der Waals surface area contributed by atoms with Crippen LogP contribution in [0.2, 0.25) is 5.02 Å². The molecule has 4 rings (SSSR count). The van der Waals surface area contributed by atoms with Crippen LogP contribution in [0.5, 0.6) is 5.75 Å². The van der Waals surface area contributed by atoms with Crippen LogP contribution in [0.3, 0.4) is 0 Å². The predicted molar refractivity (Wildman–Crippen MR) is 138 cm³/mol. The summed E-state index contributed by atoms with van der Waals surface area (Å²) in [6, 6.07) is 16.9. The number of aromatic carboxylic acids is 1. The molecule has 0 fully saturated rings. The molecule has 0 aliphatic heterocycles. The first kappa shape index (κ1) is 25.1. The summed E-state index contributed by atoms with van der Waals surface area (Å²) in [6.45, 7) is 6.06. The molecule has 0 bridgehead atoms. The van der Waals surface area contributed by atoms with E-state index in [2.05, 4.69) is 10.3 Å². The minimum atomic E-state index is -0.961. The summed E-state index contributed by atoms with van der Waals surface area (Å²) in [4.78, 5) is 11.2. The molecule has 0 spiro atoms. The van der Waals surface area contributed by atoms with Crippen molar-refractivity contribution >= 4 is 29.7 Å². The molecule has 184 valence electrons. The van der Waals surface area contributed by atoms with Crippen molar-refractivity contribution in [2.45, 2.75) is 33.3 Å². The number of benzene rings is 3. The van der Waals surface area contributed by atoms with E-state index in [1.165, 1.54) is 10.7 Å². The lowest BCUT2D eigenvalue weighted by molar-refractivity contribution is 0.0697. The molecule has 1 aromatic heterocycles. The summed E-state index contributed by atoms with van der Waals surface area (Å²) >= 11 is 6.27. The van der Waals surface area contributed by atoms with Gasteiger partial charge in [0.05, 0.1) is 16.3 Å². The van der Waals surface area contributed by atoms with Gasteiger partial charge in [-0.3, -0.25) is 0 Å². The van der Waals surface area contributed by atoms with E-state index in [1.807, 2.05) is 57.2 Å². The quantitative estimate of drug-likeness (QED) is 0.262. The highest BCUT2D eigenvalue weighted by Gasteiger charge is 2.21. The van der Waals surface area contributed by atoms with Crippen molar-refractivity contribution in [3.8, 4) is 11.4 Å². The van der Waals surface area contributed by atoms with Crippen LogP contribution in [0.15, 0.2) is 60.7 Å². The van der Waals surface area contributed by atoms with Crippen LogP contribution in [-0.2, 0) is 6.61 Å². The Bertz CT molecular complexity index is 1430. The van der Waals surface area contributed by atoms with E-state index in [0.717, 1.165) is 16.7 Å². The molecule has 8 heteroatoms. The van der Waals surface area contributed by atoms with Crippen LogP contribution in [0.1, 0.15) is 58.2 Å². The molecule has 0 saturated carbocycles. The summed E-state index contributed by atoms with van der Waals surface area (Å²) in [5.74, 6) is -0.765. The molecule has 4 aromatic rings. The summed E-state index contributed by atoms with van der Waals surface area (Å²) in [6.07, 6.45) is 3.79. The first-order valence-electron chi connectivity index (χ1n) is 11.4. The lowest BCUT2D eigenvalue weighted by Gasteiger charge is -2.13. The smallest absolute Gasteiger partial charge is 0.335 e. The van der Waals surface area contributed by atoms with Crippen LogP contribution in [-0.4, -0.2) is 26.1 Å². The van der Waals surface area contributed by atoms with E-state index in [-0.39, 0.29) is 28.8 Å². The Balaban J connectivity index is 1.55. The highest BCUT2D eigenvalue weighted by molar-refractivity contribution is 6.32. The predicted octanol–water partition coefficient (Wildman–Crippen LogP) is 6.94. The number of carboxylic acids is 1. The second-order valence-electron chi connectivity index (χ2n) is 8.63. The molecule has 6 nitrogen and oxygen atoms in total. The lowest BCUT2D eigenvalue weighted by atomic mass is 10.1.